The Hall–Kier alpha value is -1.65. The van der Waals surface area contributed by atoms with Gasteiger partial charge in [-0.3, -0.25) is 0 Å². The molecule has 0 radical (unpaired) electrons. The number of hydrogen-bond acceptors (Lipinski definition) is 3. The first-order valence-corrected chi connectivity index (χ1v) is 8.25. The predicted molar refractivity (Wildman–Crippen MR) is 89.8 cm³/mol. The minimum absolute atomic E-state index is 0.279. The van der Waals surface area contributed by atoms with Gasteiger partial charge >= 0.3 is 5.97 Å². The van der Waals surface area contributed by atoms with Crippen molar-refractivity contribution in [3.63, 3.8) is 0 Å². The predicted octanol–water partition coefficient (Wildman–Crippen LogP) is 3.88. The molecule has 1 N–H and O–H groups in total. The number of carbonyl (C=O) groups excluding carboxylic acids is 1. The van der Waals surface area contributed by atoms with Crippen LogP contribution in [-0.4, -0.2) is 19.1 Å². The van der Waals surface area contributed by atoms with Gasteiger partial charge < -0.3 is 10.1 Å². The Morgan fingerprint density at radius 3 is 2.32 bits per heavy atom. The molecule has 3 rings (SSSR count). The van der Waals surface area contributed by atoms with Crippen LogP contribution < -0.4 is 5.32 Å². The van der Waals surface area contributed by atoms with Crippen LogP contribution in [0.5, 0.6) is 0 Å². The van der Waals surface area contributed by atoms with E-state index in [0.29, 0.717) is 5.56 Å². The molecule has 1 aliphatic heterocycles. The van der Waals surface area contributed by atoms with Crippen LogP contribution in [0.2, 0.25) is 0 Å². The fraction of sp³-hybridized carbons (Fsp3) is 0.278. The molecule has 0 unspecified atom stereocenters. The third-order valence-corrected chi connectivity index (χ3v) is 4.78. The van der Waals surface area contributed by atoms with Gasteiger partial charge in [-0.05, 0) is 46.7 Å². The number of halogens is 1. The lowest BCUT2D eigenvalue weighted by Gasteiger charge is -2.37. The molecule has 114 valence electrons. The van der Waals surface area contributed by atoms with Crippen molar-refractivity contribution in [1.82, 2.24) is 5.32 Å². The normalized spacial score (nSPS) is 17.0. The molecule has 3 nitrogen and oxygen atoms in total. The van der Waals surface area contributed by atoms with Crippen LogP contribution in [0.1, 0.15) is 28.8 Å². The van der Waals surface area contributed by atoms with Crippen LogP contribution in [0.25, 0.3) is 0 Å². The van der Waals surface area contributed by atoms with Crippen LogP contribution >= 0.6 is 15.9 Å². The van der Waals surface area contributed by atoms with E-state index < -0.39 is 5.60 Å². The van der Waals surface area contributed by atoms with Gasteiger partial charge in [0.15, 0.2) is 0 Å². The first-order valence-electron chi connectivity index (χ1n) is 7.45. The molecule has 0 aromatic heterocycles. The molecule has 2 aromatic rings. The molecule has 0 aliphatic carbocycles. The summed E-state index contributed by atoms with van der Waals surface area (Å²) in [4.78, 5) is 12.6. The number of carbonyl (C=O) groups is 1. The van der Waals surface area contributed by atoms with Gasteiger partial charge in [-0.25, -0.2) is 4.79 Å². The Bertz CT molecular complexity index is 651. The SMILES string of the molecule is O=C(OC1(c2ccccc2)CCNCC1)c1ccccc1Br. The number of nitrogens with one attached hydrogen (secondary N) is 1. The maximum absolute atomic E-state index is 12.6. The van der Waals surface area contributed by atoms with Gasteiger partial charge in [0, 0.05) is 17.3 Å². The van der Waals surface area contributed by atoms with E-state index in [1.807, 2.05) is 48.5 Å². The second-order valence-corrected chi connectivity index (χ2v) is 6.33. The van der Waals surface area contributed by atoms with Crippen molar-refractivity contribution in [3.8, 4) is 0 Å². The minimum atomic E-state index is -0.543. The van der Waals surface area contributed by atoms with Crippen LogP contribution in [0.3, 0.4) is 0 Å². The highest BCUT2D eigenvalue weighted by atomic mass is 79.9. The highest BCUT2D eigenvalue weighted by molar-refractivity contribution is 9.10. The van der Waals surface area contributed by atoms with Crippen molar-refractivity contribution in [3.05, 3.63) is 70.2 Å². The molecule has 0 amide bonds. The van der Waals surface area contributed by atoms with Crippen molar-refractivity contribution in [2.45, 2.75) is 18.4 Å². The van der Waals surface area contributed by atoms with E-state index in [0.717, 1.165) is 36.0 Å². The van der Waals surface area contributed by atoms with E-state index in [9.17, 15) is 4.79 Å². The maximum Gasteiger partial charge on any atom is 0.340 e. The lowest BCUT2D eigenvalue weighted by molar-refractivity contribution is -0.0379. The summed E-state index contributed by atoms with van der Waals surface area (Å²) in [6.07, 6.45) is 1.57. The molecular weight excluding hydrogens is 342 g/mol. The third kappa shape index (κ3) is 3.08. The summed E-state index contributed by atoms with van der Waals surface area (Å²) >= 11 is 3.42. The second-order valence-electron chi connectivity index (χ2n) is 5.48. The summed E-state index contributed by atoms with van der Waals surface area (Å²) in [5.41, 5.74) is 1.09. The monoisotopic (exact) mass is 359 g/mol. The summed E-state index contributed by atoms with van der Waals surface area (Å²) in [5, 5.41) is 3.33. The van der Waals surface area contributed by atoms with Crippen LogP contribution in [-0.2, 0) is 10.3 Å². The largest absolute Gasteiger partial charge is 0.450 e. The van der Waals surface area contributed by atoms with Crippen LogP contribution in [0.4, 0.5) is 0 Å². The summed E-state index contributed by atoms with van der Waals surface area (Å²) in [7, 11) is 0. The first-order chi connectivity index (χ1) is 10.7. The number of benzene rings is 2. The van der Waals surface area contributed by atoms with E-state index in [2.05, 4.69) is 21.2 Å². The van der Waals surface area contributed by atoms with Gasteiger partial charge in [0.25, 0.3) is 0 Å². The highest BCUT2D eigenvalue weighted by Gasteiger charge is 2.38. The molecule has 0 atom stereocenters. The fourth-order valence-electron chi connectivity index (χ4n) is 2.88. The van der Waals surface area contributed by atoms with Crippen molar-refractivity contribution >= 4 is 21.9 Å². The molecule has 1 aliphatic rings. The van der Waals surface area contributed by atoms with Crippen molar-refractivity contribution in [2.24, 2.45) is 0 Å². The maximum atomic E-state index is 12.6. The molecule has 4 heteroatoms. The number of esters is 1. The van der Waals surface area contributed by atoms with Gasteiger partial charge in [-0.15, -0.1) is 0 Å². The number of hydrogen-bond donors (Lipinski definition) is 1. The number of piperidine rings is 1. The van der Waals surface area contributed by atoms with Gasteiger partial charge in [-0.1, -0.05) is 42.5 Å². The highest BCUT2D eigenvalue weighted by Crippen LogP contribution is 2.36. The molecule has 0 saturated carbocycles. The van der Waals surface area contributed by atoms with Gasteiger partial charge in [-0.2, -0.15) is 0 Å². The van der Waals surface area contributed by atoms with E-state index in [1.54, 1.807) is 6.07 Å². The third-order valence-electron chi connectivity index (χ3n) is 4.09. The average molecular weight is 360 g/mol. The summed E-state index contributed by atoms with van der Waals surface area (Å²) in [6.45, 7) is 1.69. The summed E-state index contributed by atoms with van der Waals surface area (Å²) in [6, 6.07) is 17.4. The topological polar surface area (TPSA) is 38.3 Å². The second kappa shape index (κ2) is 6.63. The number of ether oxygens (including phenoxy) is 1. The van der Waals surface area contributed by atoms with Gasteiger partial charge in [0.2, 0.25) is 0 Å². The zero-order chi connectivity index (χ0) is 15.4. The minimum Gasteiger partial charge on any atom is -0.450 e. The van der Waals surface area contributed by atoms with Crippen molar-refractivity contribution in [1.29, 1.82) is 0 Å². The fourth-order valence-corrected chi connectivity index (χ4v) is 3.33. The standard InChI is InChI=1S/C18H18BrNO2/c19-16-9-5-4-8-15(16)17(21)22-18(10-12-20-13-11-18)14-6-2-1-3-7-14/h1-9,20H,10-13H2. The van der Waals surface area contributed by atoms with Crippen LogP contribution in [0, 0.1) is 0 Å². The zero-order valence-electron chi connectivity index (χ0n) is 12.2. The summed E-state index contributed by atoms with van der Waals surface area (Å²) in [5.74, 6) is -0.279. The van der Waals surface area contributed by atoms with Gasteiger partial charge in [0.1, 0.15) is 5.60 Å². The van der Waals surface area contributed by atoms with E-state index >= 15 is 0 Å². The first kappa shape index (κ1) is 15.3. The quantitative estimate of drug-likeness (QED) is 0.845. The molecule has 2 aromatic carbocycles. The Morgan fingerprint density at radius 2 is 1.64 bits per heavy atom. The molecule has 22 heavy (non-hydrogen) atoms. The molecule has 0 spiro atoms. The van der Waals surface area contributed by atoms with Crippen LogP contribution in [0.15, 0.2) is 59.1 Å². The van der Waals surface area contributed by atoms with Crippen molar-refractivity contribution in [2.75, 3.05) is 13.1 Å². The van der Waals surface area contributed by atoms with Crippen molar-refractivity contribution < 1.29 is 9.53 Å². The molecule has 1 fully saturated rings. The molecule has 1 heterocycles. The van der Waals surface area contributed by atoms with E-state index in [4.69, 9.17) is 4.74 Å². The molecule has 0 bridgehead atoms. The van der Waals surface area contributed by atoms with E-state index in [1.165, 1.54) is 0 Å². The Labute approximate surface area is 138 Å². The van der Waals surface area contributed by atoms with E-state index in [-0.39, 0.29) is 5.97 Å². The average Bonchev–Trinajstić information content (AvgIpc) is 2.57. The molecule has 1 saturated heterocycles. The summed E-state index contributed by atoms with van der Waals surface area (Å²) < 4.78 is 6.78. The Morgan fingerprint density at radius 1 is 1.00 bits per heavy atom. The Balaban J connectivity index is 1.91. The zero-order valence-corrected chi connectivity index (χ0v) is 13.8. The lowest BCUT2D eigenvalue weighted by Crippen LogP contribution is -2.43. The molecular formula is C18H18BrNO2. The van der Waals surface area contributed by atoms with Gasteiger partial charge in [0.05, 0.1) is 5.56 Å². The number of rotatable bonds is 3. The Kier molecular flexibility index (Phi) is 4.60. The lowest BCUT2D eigenvalue weighted by atomic mass is 9.84. The smallest absolute Gasteiger partial charge is 0.340 e.